The Morgan fingerprint density at radius 3 is 2.63 bits per heavy atom. The van der Waals surface area contributed by atoms with E-state index in [-0.39, 0.29) is 24.1 Å². The summed E-state index contributed by atoms with van der Waals surface area (Å²) in [7, 11) is 3.34. The molecule has 8 nitrogen and oxygen atoms in total. The Bertz CT molecular complexity index is 1060. The van der Waals surface area contributed by atoms with Crippen LogP contribution >= 0.6 is 27.7 Å². The van der Waals surface area contributed by atoms with Gasteiger partial charge in [-0.1, -0.05) is 36.0 Å². The van der Waals surface area contributed by atoms with Crippen LogP contribution in [-0.4, -0.2) is 39.4 Å². The van der Waals surface area contributed by atoms with E-state index in [9.17, 15) is 9.59 Å². The Morgan fingerprint density at radius 2 is 1.87 bits per heavy atom. The minimum absolute atomic E-state index is 0.160. The molecule has 3 aromatic rings. The maximum absolute atomic E-state index is 12.3. The van der Waals surface area contributed by atoms with Crippen molar-refractivity contribution in [2.24, 2.45) is 7.05 Å². The number of hydrogen-bond acceptors (Lipinski definition) is 6. The number of anilines is 1. The van der Waals surface area contributed by atoms with Crippen LogP contribution in [0, 0.1) is 0 Å². The van der Waals surface area contributed by atoms with Crippen LogP contribution in [0.1, 0.15) is 16.2 Å². The second-order valence-corrected chi connectivity index (χ2v) is 7.95. The van der Waals surface area contributed by atoms with Crippen LogP contribution in [-0.2, 0) is 18.4 Å². The molecule has 3 rings (SSSR count). The zero-order chi connectivity index (χ0) is 21.5. The number of methoxy groups -OCH3 is 1. The summed E-state index contributed by atoms with van der Waals surface area (Å²) >= 11 is 4.62. The Morgan fingerprint density at radius 1 is 1.13 bits per heavy atom. The fourth-order valence-electron chi connectivity index (χ4n) is 2.59. The van der Waals surface area contributed by atoms with Gasteiger partial charge in [-0.15, -0.1) is 10.2 Å². The molecule has 1 heterocycles. The molecular weight excluding hydrogens is 470 g/mol. The maximum Gasteiger partial charge on any atom is 0.252 e. The standard InChI is InChI=1S/C20H20BrN5O3S/c1-26-17(11-22-19(28)13-7-3-4-8-14(13)21)24-25-20(26)30-12-18(27)23-15-9-5-6-10-16(15)29-2/h3-10H,11-12H2,1-2H3,(H,22,28)(H,23,27). The lowest BCUT2D eigenvalue weighted by Crippen LogP contribution is -2.24. The van der Waals surface area contributed by atoms with Gasteiger partial charge in [0.2, 0.25) is 5.91 Å². The zero-order valence-electron chi connectivity index (χ0n) is 16.4. The van der Waals surface area contributed by atoms with Crippen molar-refractivity contribution < 1.29 is 14.3 Å². The quantitative estimate of drug-likeness (QED) is 0.471. The van der Waals surface area contributed by atoms with E-state index < -0.39 is 0 Å². The molecule has 0 saturated heterocycles. The fraction of sp³-hybridized carbons (Fsp3) is 0.200. The van der Waals surface area contributed by atoms with Crippen LogP contribution in [0.3, 0.4) is 0 Å². The van der Waals surface area contributed by atoms with Crippen LogP contribution in [0.2, 0.25) is 0 Å². The number of amides is 2. The molecule has 2 N–H and O–H groups in total. The first-order chi connectivity index (χ1) is 14.5. The number of ether oxygens (including phenoxy) is 1. The highest BCUT2D eigenvalue weighted by Gasteiger charge is 2.14. The van der Waals surface area contributed by atoms with E-state index in [1.54, 1.807) is 43.0 Å². The van der Waals surface area contributed by atoms with Gasteiger partial charge >= 0.3 is 0 Å². The molecule has 2 aromatic carbocycles. The number of para-hydroxylation sites is 2. The molecule has 0 aliphatic carbocycles. The van der Waals surface area contributed by atoms with Crippen molar-refractivity contribution >= 4 is 45.2 Å². The Kier molecular flexibility index (Phi) is 7.47. The number of nitrogens with zero attached hydrogens (tertiary/aromatic N) is 3. The van der Waals surface area contributed by atoms with Crippen LogP contribution in [0.4, 0.5) is 5.69 Å². The summed E-state index contributed by atoms with van der Waals surface area (Å²) in [6, 6.07) is 14.4. The lowest BCUT2D eigenvalue weighted by Gasteiger charge is -2.09. The van der Waals surface area contributed by atoms with Crippen molar-refractivity contribution in [3.05, 3.63) is 64.4 Å². The number of halogens is 1. The lowest BCUT2D eigenvalue weighted by molar-refractivity contribution is -0.113. The van der Waals surface area contributed by atoms with Gasteiger partial charge in [0.1, 0.15) is 5.75 Å². The second kappa shape index (κ2) is 10.3. The largest absolute Gasteiger partial charge is 0.495 e. The molecule has 0 fully saturated rings. The normalized spacial score (nSPS) is 10.5. The van der Waals surface area contributed by atoms with Gasteiger partial charge in [-0.25, -0.2) is 0 Å². The van der Waals surface area contributed by atoms with Gasteiger partial charge in [0.25, 0.3) is 5.91 Å². The number of thioether (sulfide) groups is 1. The van der Waals surface area contributed by atoms with Crippen molar-refractivity contribution in [3.63, 3.8) is 0 Å². The highest BCUT2D eigenvalue weighted by Crippen LogP contribution is 2.24. The molecule has 156 valence electrons. The summed E-state index contributed by atoms with van der Waals surface area (Å²) in [5, 5.41) is 14.4. The van der Waals surface area contributed by atoms with Crippen molar-refractivity contribution in [1.82, 2.24) is 20.1 Å². The van der Waals surface area contributed by atoms with Gasteiger partial charge < -0.3 is 19.9 Å². The number of rotatable bonds is 8. The third-order valence-electron chi connectivity index (χ3n) is 4.16. The second-order valence-electron chi connectivity index (χ2n) is 6.16. The number of hydrogen-bond donors (Lipinski definition) is 2. The Labute approximate surface area is 186 Å². The molecule has 10 heteroatoms. The van der Waals surface area contributed by atoms with Gasteiger partial charge in [0, 0.05) is 11.5 Å². The van der Waals surface area contributed by atoms with E-state index in [4.69, 9.17) is 4.74 Å². The predicted octanol–water partition coefficient (Wildman–Crippen LogP) is 3.25. The van der Waals surface area contributed by atoms with Gasteiger partial charge in [-0.05, 0) is 40.2 Å². The van der Waals surface area contributed by atoms with Crippen LogP contribution in [0.25, 0.3) is 0 Å². The molecule has 0 bridgehead atoms. The predicted molar refractivity (Wildman–Crippen MR) is 119 cm³/mol. The molecule has 0 atom stereocenters. The number of carbonyl (C=O) groups excluding carboxylic acids is 2. The summed E-state index contributed by atoms with van der Waals surface area (Å²) < 4.78 is 7.70. The Balaban J connectivity index is 1.54. The van der Waals surface area contributed by atoms with Crippen molar-refractivity contribution in [1.29, 1.82) is 0 Å². The van der Waals surface area contributed by atoms with Gasteiger partial charge in [-0.2, -0.15) is 0 Å². The van der Waals surface area contributed by atoms with Gasteiger partial charge in [0.05, 0.1) is 30.7 Å². The molecule has 0 radical (unpaired) electrons. The van der Waals surface area contributed by atoms with E-state index in [1.165, 1.54) is 11.8 Å². The summed E-state index contributed by atoms with van der Waals surface area (Å²) in [5.74, 6) is 0.945. The summed E-state index contributed by atoms with van der Waals surface area (Å²) in [6.07, 6.45) is 0. The number of benzene rings is 2. The van der Waals surface area contributed by atoms with E-state index in [0.717, 1.165) is 4.47 Å². The maximum atomic E-state index is 12.3. The topological polar surface area (TPSA) is 98.1 Å². The summed E-state index contributed by atoms with van der Waals surface area (Å²) in [5.41, 5.74) is 1.15. The van der Waals surface area contributed by atoms with E-state index in [1.807, 2.05) is 24.3 Å². The number of carbonyl (C=O) groups is 2. The van der Waals surface area contributed by atoms with E-state index in [2.05, 4.69) is 36.8 Å². The van der Waals surface area contributed by atoms with Gasteiger partial charge in [-0.3, -0.25) is 9.59 Å². The average molecular weight is 490 g/mol. The van der Waals surface area contributed by atoms with E-state index in [0.29, 0.717) is 28.0 Å². The minimum Gasteiger partial charge on any atom is -0.495 e. The number of aromatic nitrogens is 3. The monoisotopic (exact) mass is 489 g/mol. The van der Waals surface area contributed by atoms with Crippen molar-refractivity contribution in [3.8, 4) is 5.75 Å². The van der Waals surface area contributed by atoms with Crippen LogP contribution in [0.5, 0.6) is 5.75 Å². The summed E-state index contributed by atoms with van der Waals surface area (Å²) in [4.78, 5) is 24.6. The molecule has 2 amide bonds. The molecule has 0 spiro atoms. The fourth-order valence-corrected chi connectivity index (χ4v) is 3.78. The highest BCUT2D eigenvalue weighted by molar-refractivity contribution is 9.10. The molecule has 0 saturated carbocycles. The Hall–Kier alpha value is -2.85. The van der Waals surface area contributed by atoms with Crippen LogP contribution in [0.15, 0.2) is 58.2 Å². The number of nitrogens with one attached hydrogen (secondary N) is 2. The molecule has 0 unspecified atom stereocenters. The molecule has 30 heavy (non-hydrogen) atoms. The highest BCUT2D eigenvalue weighted by atomic mass is 79.9. The SMILES string of the molecule is COc1ccccc1NC(=O)CSc1nnc(CNC(=O)c2ccccc2Br)n1C. The third-order valence-corrected chi connectivity index (χ3v) is 5.88. The lowest BCUT2D eigenvalue weighted by atomic mass is 10.2. The minimum atomic E-state index is -0.212. The molecule has 1 aromatic heterocycles. The van der Waals surface area contributed by atoms with Crippen LogP contribution < -0.4 is 15.4 Å². The molecule has 0 aliphatic rings. The summed E-state index contributed by atoms with van der Waals surface area (Å²) in [6.45, 7) is 0.220. The van der Waals surface area contributed by atoms with Crippen molar-refractivity contribution in [2.45, 2.75) is 11.7 Å². The smallest absolute Gasteiger partial charge is 0.252 e. The molecule has 0 aliphatic heterocycles. The third kappa shape index (κ3) is 5.39. The first-order valence-corrected chi connectivity index (χ1v) is 10.7. The van der Waals surface area contributed by atoms with Gasteiger partial charge in [0.15, 0.2) is 11.0 Å². The van der Waals surface area contributed by atoms with E-state index >= 15 is 0 Å². The molecular formula is C20H20BrN5O3S. The first-order valence-electron chi connectivity index (χ1n) is 8.96. The first kappa shape index (κ1) is 21.8. The van der Waals surface area contributed by atoms with Crippen molar-refractivity contribution in [2.75, 3.05) is 18.2 Å². The zero-order valence-corrected chi connectivity index (χ0v) is 18.8. The average Bonchev–Trinajstić information content (AvgIpc) is 3.10.